The Hall–Kier alpha value is -4.40. The third-order valence-electron chi connectivity index (χ3n) is 7.36. The summed E-state index contributed by atoms with van der Waals surface area (Å²) < 4.78 is 15.3. The first-order chi connectivity index (χ1) is 20.4. The number of methoxy groups -OCH3 is 1. The minimum absolute atomic E-state index is 0.205. The van der Waals surface area contributed by atoms with E-state index in [1.54, 1.807) is 25.5 Å². The number of nitrogens with zero attached hydrogens (tertiary/aromatic N) is 3. The molecular formula is C33H28ClN3O4S. The van der Waals surface area contributed by atoms with E-state index in [9.17, 15) is 9.59 Å². The van der Waals surface area contributed by atoms with E-state index in [1.165, 1.54) is 11.3 Å². The van der Waals surface area contributed by atoms with Gasteiger partial charge in [-0.05, 0) is 43.7 Å². The van der Waals surface area contributed by atoms with Gasteiger partial charge in [0.25, 0.3) is 5.56 Å². The second kappa shape index (κ2) is 11.5. The van der Waals surface area contributed by atoms with Crippen LogP contribution in [0, 0.1) is 0 Å². The molecule has 6 rings (SSSR count). The number of ether oxygens (including phenoxy) is 2. The van der Waals surface area contributed by atoms with Gasteiger partial charge in [0.05, 0.1) is 29.5 Å². The van der Waals surface area contributed by atoms with Crippen molar-refractivity contribution in [3.8, 4) is 5.75 Å². The molecular weight excluding hydrogens is 570 g/mol. The van der Waals surface area contributed by atoms with Crippen LogP contribution in [0.2, 0.25) is 5.02 Å². The Morgan fingerprint density at radius 2 is 1.81 bits per heavy atom. The lowest BCUT2D eigenvalue weighted by Crippen LogP contribution is -2.40. The van der Waals surface area contributed by atoms with Crippen molar-refractivity contribution < 1.29 is 14.3 Å². The molecule has 2 aromatic heterocycles. The third-order valence-corrected chi connectivity index (χ3v) is 8.71. The van der Waals surface area contributed by atoms with Gasteiger partial charge in [-0.2, -0.15) is 0 Å². The molecule has 0 unspecified atom stereocenters. The van der Waals surface area contributed by atoms with E-state index in [1.807, 2.05) is 79.0 Å². The number of esters is 1. The molecule has 0 aliphatic carbocycles. The van der Waals surface area contributed by atoms with Gasteiger partial charge in [0.1, 0.15) is 11.8 Å². The second-order valence-corrected chi connectivity index (χ2v) is 11.3. The van der Waals surface area contributed by atoms with Crippen molar-refractivity contribution >= 4 is 45.9 Å². The first-order valence-electron chi connectivity index (χ1n) is 13.5. The van der Waals surface area contributed by atoms with Gasteiger partial charge in [-0.3, -0.25) is 9.36 Å². The Balaban J connectivity index is 1.54. The Labute approximate surface area is 251 Å². The maximum atomic E-state index is 14.2. The number of fused-ring (bicyclic) bond motifs is 2. The minimum atomic E-state index is -0.750. The van der Waals surface area contributed by atoms with Gasteiger partial charge in [0.15, 0.2) is 4.80 Å². The summed E-state index contributed by atoms with van der Waals surface area (Å²) in [4.78, 5) is 32.6. The Kier molecular flexibility index (Phi) is 7.58. The Bertz CT molecular complexity index is 2050. The van der Waals surface area contributed by atoms with Gasteiger partial charge < -0.3 is 14.0 Å². The van der Waals surface area contributed by atoms with Crippen molar-refractivity contribution in [1.29, 1.82) is 0 Å². The lowest BCUT2D eigenvalue weighted by atomic mass is 9.95. The smallest absolute Gasteiger partial charge is 0.338 e. The van der Waals surface area contributed by atoms with E-state index < -0.39 is 12.0 Å². The van der Waals surface area contributed by atoms with Crippen LogP contribution in [-0.2, 0) is 16.1 Å². The van der Waals surface area contributed by atoms with Crippen LogP contribution >= 0.6 is 22.9 Å². The van der Waals surface area contributed by atoms with E-state index in [2.05, 4.69) is 10.6 Å². The number of thiazole rings is 1. The van der Waals surface area contributed by atoms with Gasteiger partial charge in [-0.1, -0.05) is 77.5 Å². The molecule has 1 atom stereocenters. The van der Waals surface area contributed by atoms with Crippen molar-refractivity contribution in [3.05, 3.63) is 132 Å². The van der Waals surface area contributed by atoms with Crippen LogP contribution in [0.15, 0.2) is 100 Å². The first kappa shape index (κ1) is 27.8. The molecule has 3 heterocycles. The largest absolute Gasteiger partial charge is 0.496 e. The van der Waals surface area contributed by atoms with Crippen molar-refractivity contribution in [2.45, 2.75) is 26.4 Å². The quantitative estimate of drug-likeness (QED) is 0.233. The average Bonchev–Trinajstić information content (AvgIpc) is 3.49. The highest BCUT2D eigenvalue weighted by atomic mass is 35.5. The topological polar surface area (TPSA) is 74.8 Å². The van der Waals surface area contributed by atoms with Crippen LogP contribution in [0.5, 0.6) is 5.75 Å². The maximum absolute atomic E-state index is 14.2. The van der Waals surface area contributed by atoms with Gasteiger partial charge in [0, 0.05) is 39.8 Å². The summed E-state index contributed by atoms with van der Waals surface area (Å²) in [7, 11) is 1.57. The Morgan fingerprint density at radius 1 is 1.07 bits per heavy atom. The highest BCUT2D eigenvalue weighted by molar-refractivity contribution is 7.07. The minimum Gasteiger partial charge on any atom is -0.496 e. The summed E-state index contributed by atoms with van der Waals surface area (Å²) in [5.74, 6) is 0.0581. The van der Waals surface area contributed by atoms with E-state index >= 15 is 0 Å². The van der Waals surface area contributed by atoms with Gasteiger partial charge in [-0.25, -0.2) is 9.79 Å². The molecule has 3 aromatic carbocycles. The number of allylic oxidation sites excluding steroid dienone is 1. The zero-order valence-corrected chi connectivity index (χ0v) is 24.9. The van der Waals surface area contributed by atoms with E-state index in [0.717, 1.165) is 22.0 Å². The summed E-state index contributed by atoms with van der Waals surface area (Å²) in [5, 5.41) is 1.72. The van der Waals surface area contributed by atoms with Crippen LogP contribution in [0.1, 0.15) is 36.6 Å². The highest BCUT2D eigenvalue weighted by Gasteiger charge is 2.35. The number of hydrogen-bond donors (Lipinski definition) is 0. The predicted molar refractivity (Wildman–Crippen MR) is 166 cm³/mol. The van der Waals surface area contributed by atoms with E-state index in [4.69, 9.17) is 26.1 Å². The van der Waals surface area contributed by atoms with Crippen LogP contribution in [0.4, 0.5) is 0 Å². The zero-order chi connectivity index (χ0) is 29.4. The molecule has 5 aromatic rings. The SMILES string of the molecule is CCOC(=O)C1=C(C)N=c2s/c(=C\c3cn(Cc4ccccc4Cl)c4ccccc34)c(=O)n2[C@H]1c1ccccc1OC. The van der Waals surface area contributed by atoms with Crippen molar-refractivity contribution in [2.24, 2.45) is 4.99 Å². The molecule has 0 saturated heterocycles. The fraction of sp³-hybridized carbons (Fsp3) is 0.182. The number of aromatic nitrogens is 2. The van der Waals surface area contributed by atoms with Gasteiger partial charge in [-0.15, -0.1) is 0 Å². The fourth-order valence-corrected chi connectivity index (χ4v) is 6.68. The number of carbonyl (C=O) groups excluding carboxylic acids is 1. The second-order valence-electron chi connectivity index (χ2n) is 9.87. The van der Waals surface area contributed by atoms with Gasteiger partial charge >= 0.3 is 5.97 Å². The van der Waals surface area contributed by atoms with Crippen LogP contribution in [0.25, 0.3) is 17.0 Å². The molecule has 0 N–H and O–H groups in total. The normalized spacial score (nSPS) is 15.0. The van der Waals surface area contributed by atoms with Crippen molar-refractivity contribution in [2.75, 3.05) is 13.7 Å². The number of hydrogen-bond acceptors (Lipinski definition) is 6. The van der Waals surface area contributed by atoms with Crippen LogP contribution in [0.3, 0.4) is 0 Å². The molecule has 9 heteroatoms. The molecule has 7 nitrogen and oxygen atoms in total. The van der Waals surface area contributed by atoms with E-state index in [-0.39, 0.29) is 12.2 Å². The monoisotopic (exact) mass is 597 g/mol. The molecule has 0 fully saturated rings. The van der Waals surface area contributed by atoms with Gasteiger partial charge in [0.2, 0.25) is 0 Å². The molecule has 0 amide bonds. The average molecular weight is 598 g/mol. The zero-order valence-electron chi connectivity index (χ0n) is 23.3. The highest BCUT2D eigenvalue weighted by Crippen LogP contribution is 2.35. The Morgan fingerprint density at radius 3 is 2.60 bits per heavy atom. The molecule has 1 aliphatic rings. The summed E-state index contributed by atoms with van der Waals surface area (Å²) >= 11 is 7.77. The number of rotatable bonds is 7. The first-order valence-corrected chi connectivity index (χ1v) is 14.7. The molecule has 0 radical (unpaired) electrons. The summed E-state index contributed by atoms with van der Waals surface area (Å²) in [6.07, 6.45) is 3.94. The standard InChI is InChI=1S/C33H28ClN3O4S/c1-4-41-32(39)29-20(2)35-33-37(30(29)24-13-7-10-16-27(24)40-3)31(38)28(42-33)17-22-19-36(26-15-9-6-12-23(22)26)18-21-11-5-8-14-25(21)34/h5-17,19,30H,4,18H2,1-3H3/b28-17-/t30-/m0/s1. The van der Waals surface area contributed by atoms with Crippen molar-refractivity contribution in [1.82, 2.24) is 9.13 Å². The molecule has 0 bridgehead atoms. The summed E-state index contributed by atoms with van der Waals surface area (Å²) in [6.45, 7) is 4.32. The summed E-state index contributed by atoms with van der Waals surface area (Å²) in [5.41, 5.74) is 4.20. The number of halogens is 1. The van der Waals surface area contributed by atoms with E-state index in [0.29, 0.717) is 43.5 Å². The maximum Gasteiger partial charge on any atom is 0.338 e. The molecule has 0 saturated carbocycles. The lowest BCUT2D eigenvalue weighted by molar-refractivity contribution is -0.139. The lowest BCUT2D eigenvalue weighted by Gasteiger charge is -2.25. The van der Waals surface area contributed by atoms with Crippen molar-refractivity contribution in [3.63, 3.8) is 0 Å². The number of benzene rings is 3. The van der Waals surface area contributed by atoms with Crippen LogP contribution in [-0.4, -0.2) is 28.8 Å². The molecule has 42 heavy (non-hydrogen) atoms. The predicted octanol–water partition coefficient (Wildman–Crippen LogP) is 5.46. The molecule has 1 aliphatic heterocycles. The molecule has 212 valence electrons. The third kappa shape index (κ3) is 4.86. The molecule has 0 spiro atoms. The summed E-state index contributed by atoms with van der Waals surface area (Å²) in [6, 6.07) is 22.5. The van der Waals surface area contributed by atoms with Crippen LogP contribution < -0.4 is 19.6 Å². The number of carbonyl (C=O) groups is 1. The fourth-order valence-electron chi connectivity index (χ4n) is 5.45. The number of para-hydroxylation sites is 2.